The summed E-state index contributed by atoms with van der Waals surface area (Å²) < 4.78 is 16.9. The molecule has 1 atom stereocenters. The van der Waals surface area contributed by atoms with Gasteiger partial charge in [-0.25, -0.2) is 4.39 Å². The Morgan fingerprint density at radius 2 is 2.00 bits per heavy atom. The highest BCUT2D eigenvalue weighted by Crippen LogP contribution is 2.26. The fraction of sp³-hybridized carbons (Fsp3) is 0.417. The minimum atomic E-state index is -0.197. The van der Waals surface area contributed by atoms with Crippen LogP contribution in [0.1, 0.15) is 26.8 Å². The maximum Gasteiger partial charge on any atom is 0.178 e. The SMILES string of the molecule is CC(C)C(C)n1c(=S)[nH]c2cc(I)c(F)cc21. The minimum absolute atomic E-state index is 0.197. The molecule has 0 fully saturated rings. The first-order valence-corrected chi connectivity index (χ1v) is 6.99. The van der Waals surface area contributed by atoms with Gasteiger partial charge in [0.2, 0.25) is 0 Å². The van der Waals surface area contributed by atoms with E-state index in [1.807, 2.05) is 27.2 Å². The summed E-state index contributed by atoms with van der Waals surface area (Å²) in [5, 5.41) is 0. The van der Waals surface area contributed by atoms with Gasteiger partial charge in [0, 0.05) is 12.1 Å². The van der Waals surface area contributed by atoms with Crippen LogP contribution in [0.4, 0.5) is 4.39 Å². The van der Waals surface area contributed by atoms with Crippen molar-refractivity contribution < 1.29 is 4.39 Å². The van der Waals surface area contributed by atoms with Crippen LogP contribution in [0.2, 0.25) is 0 Å². The van der Waals surface area contributed by atoms with E-state index in [4.69, 9.17) is 12.2 Å². The summed E-state index contributed by atoms with van der Waals surface area (Å²) in [5.41, 5.74) is 1.74. The van der Waals surface area contributed by atoms with Gasteiger partial charge in [0.05, 0.1) is 14.6 Å². The molecule has 0 saturated heterocycles. The van der Waals surface area contributed by atoms with Crippen LogP contribution in [0.25, 0.3) is 11.0 Å². The second-order valence-corrected chi connectivity index (χ2v) is 6.12. The van der Waals surface area contributed by atoms with Crippen LogP contribution in [0, 0.1) is 20.1 Å². The van der Waals surface area contributed by atoms with Crippen LogP contribution in [-0.2, 0) is 0 Å². The third-order valence-electron chi connectivity index (χ3n) is 3.13. The van der Waals surface area contributed by atoms with Crippen LogP contribution in [0.15, 0.2) is 12.1 Å². The van der Waals surface area contributed by atoms with Crippen molar-refractivity contribution in [3.8, 4) is 0 Å². The highest BCUT2D eigenvalue weighted by atomic mass is 127. The minimum Gasteiger partial charge on any atom is -0.331 e. The average molecular weight is 364 g/mol. The van der Waals surface area contributed by atoms with Gasteiger partial charge >= 0.3 is 0 Å². The summed E-state index contributed by atoms with van der Waals surface area (Å²) in [6, 6.07) is 3.60. The quantitative estimate of drug-likeness (QED) is 0.607. The molecule has 0 aliphatic rings. The molecule has 0 bridgehead atoms. The molecule has 92 valence electrons. The number of benzene rings is 1. The van der Waals surface area contributed by atoms with E-state index in [2.05, 4.69) is 25.8 Å². The van der Waals surface area contributed by atoms with Crippen LogP contribution in [0.3, 0.4) is 0 Å². The van der Waals surface area contributed by atoms with Crippen molar-refractivity contribution in [3.63, 3.8) is 0 Å². The molecule has 0 aliphatic carbocycles. The Kier molecular flexibility index (Phi) is 3.58. The van der Waals surface area contributed by atoms with Gasteiger partial charge in [-0.05, 0) is 53.7 Å². The van der Waals surface area contributed by atoms with Gasteiger partial charge < -0.3 is 9.55 Å². The molecular formula is C12H14FIN2S. The van der Waals surface area contributed by atoms with E-state index in [9.17, 15) is 4.39 Å². The molecule has 1 heterocycles. The highest BCUT2D eigenvalue weighted by molar-refractivity contribution is 14.1. The number of halogens is 2. The zero-order valence-corrected chi connectivity index (χ0v) is 12.9. The fourth-order valence-corrected chi connectivity index (χ4v) is 2.66. The Morgan fingerprint density at radius 3 is 2.59 bits per heavy atom. The van der Waals surface area contributed by atoms with E-state index in [0.29, 0.717) is 14.3 Å². The molecule has 1 N–H and O–H groups in total. The highest BCUT2D eigenvalue weighted by Gasteiger charge is 2.15. The number of imidazole rings is 1. The Labute approximate surface area is 118 Å². The lowest BCUT2D eigenvalue weighted by molar-refractivity contribution is 0.413. The summed E-state index contributed by atoms with van der Waals surface area (Å²) in [6.45, 7) is 6.37. The van der Waals surface area contributed by atoms with E-state index in [-0.39, 0.29) is 11.9 Å². The van der Waals surface area contributed by atoms with Gasteiger partial charge in [-0.15, -0.1) is 0 Å². The number of aromatic amines is 1. The first-order chi connectivity index (χ1) is 7.91. The van der Waals surface area contributed by atoms with Gasteiger partial charge in [-0.1, -0.05) is 13.8 Å². The van der Waals surface area contributed by atoms with Crippen LogP contribution in [0.5, 0.6) is 0 Å². The summed E-state index contributed by atoms with van der Waals surface area (Å²) in [7, 11) is 0. The summed E-state index contributed by atoms with van der Waals surface area (Å²) in [6.07, 6.45) is 0. The average Bonchev–Trinajstić information content (AvgIpc) is 2.53. The molecular weight excluding hydrogens is 350 g/mol. The molecule has 2 aromatic rings. The molecule has 0 aliphatic heterocycles. The number of rotatable bonds is 2. The van der Waals surface area contributed by atoms with E-state index >= 15 is 0 Å². The van der Waals surface area contributed by atoms with Gasteiger partial charge in [0.1, 0.15) is 5.82 Å². The van der Waals surface area contributed by atoms with Crippen molar-refractivity contribution in [2.75, 3.05) is 0 Å². The molecule has 5 heteroatoms. The Hall–Kier alpha value is -0.430. The largest absolute Gasteiger partial charge is 0.331 e. The number of fused-ring (bicyclic) bond motifs is 1. The third kappa shape index (κ3) is 2.27. The predicted molar refractivity (Wildman–Crippen MR) is 79.3 cm³/mol. The summed E-state index contributed by atoms with van der Waals surface area (Å²) in [4.78, 5) is 3.14. The summed E-state index contributed by atoms with van der Waals surface area (Å²) >= 11 is 7.30. The van der Waals surface area contributed by atoms with Gasteiger partial charge in [0.25, 0.3) is 0 Å². The zero-order chi connectivity index (χ0) is 12.7. The first-order valence-electron chi connectivity index (χ1n) is 5.51. The van der Waals surface area contributed by atoms with Crippen LogP contribution >= 0.6 is 34.8 Å². The number of hydrogen-bond acceptors (Lipinski definition) is 1. The van der Waals surface area contributed by atoms with Crippen molar-refractivity contribution in [3.05, 3.63) is 26.3 Å². The van der Waals surface area contributed by atoms with Gasteiger partial charge in [-0.2, -0.15) is 0 Å². The molecule has 2 rings (SSSR count). The normalized spacial score (nSPS) is 13.5. The number of H-pyrrole nitrogens is 1. The zero-order valence-electron chi connectivity index (χ0n) is 9.92. The van der Waals surface area contributed by atoms with Crippen molar-refractivity contribution in [1.82, 2.24) is 9.55 Å². The Balaban J connectivity index is 2.75. The van der Waals surface area contributed by atoms with Gasteiger partial charge in [0.15, 0.2) is 4.77 Å². The molecule has 1 unspecified atom stereocenters. The molecule has 0 radical (unpaired) electrons. The number of nitrogens with zero attached hydrogens (tertiary/aromatic N) is 1. The smallest absolute Gasteiger partial charge is 0.178 e. The van der Waals surface area contributed by atoms with Crippen molar-refractivity contribution in [2.24, 2.45) is 5.92 Å². The van der Waals surface area contributed by atoms with E-state index in [1.165, 1.54) is 0 Å². The Morgan fingerprint density at radius 1 is 1.35 bits per heavy atom. The van der Waals surface area contributed by atoms with Crippen LogP contribution in [-0.4, -0.2) is 9.55 Å². The standard InChI is InChI=1S/C12H14FIN2S/c1-6(2)7(3)16-11-4-8(13)9(14)5-10(11)15-12(16)17/h4-7H,1-3H3,(H,15,17). The van der Waals surface area contributed by atoms with Crippen molar-refractivity contribution in [1.29, 1.82) is 0 Å². The second-order valence-electron chi connectivity index (χ2n) is 4.57. The summed E-state index contributed by atoms with van der Waals surface area (Å²) in [5.74, 6) is 0.250. The lowest BCUT2D eigenvalue weighted by atomic mass is 10.1. The molecule has 1 aromatic carbocycles. The third-order valence-corrected chi connectivity index (χ3v) is 4.26. The molecule has 0 spiro atoms. The maximum absolute atomic E-state index is 13.6. The lowest BCUT2D eigenvalue weighted by Gasteiger charge is -2.18. The first kappa shape index (κ1) is 13.0. The molecule has 2 nitrogen and oxygen atoms in total. The molecule has 0 saturated carbocycles. The number of aromatic nitrogens is 2. The monoisotopic (exact) mass is 364 g/mol. The second kappa shape index (κ2) is 4.68. The predicted octanol–water partition coefficient (Wildman–Crippen LogP) is 4.66. The number of nitrogens with one attached hydrogen (secondary N) is 1. The Bertz CT molecular complexity index is 615. The molecule has 17 heavy (non-hydrogen) atoms. The van der Waals surface area contributed by atoms with Gasteiger partial charge in [-0.3, -0.25) is 0 Å². The van der Waals surface area contributed by atoms with Crippen molar-refractivity contribution >= 4 is 45.8 Å². The lowest BCUT2D eigenvalue weighted by Crippen LogP contribution is -2.11. The van der Waals surface area contributed by atoms with Crippen molar-refractivity contribution in [2.45, 2.75) is 26.8 Å². The maximum atomic E-state index is 13.6. The number of hydrogen-bond donors (Lipinski definition) is 1. The van der Waals surface area contributed by atoms with E-state index in [0.717, 1.165) is 11.0 Å². The topological polar surface area (TPSA) is 20.7 Å². The molecule has 0 amide bonds. The fourth-order valence-electron chi connectivity index (χ4n) is 1.82. The van der Waals surface area contributed by atoms with E-state index in [1.54, 1.807) is 12.1 Å². The van der Waals surface area contributed by atoms with E-state index < -0.39 is 0 Å². The molecule has 1 aromatic heterocycles. The van der Waals surface area contributed by atoms with Crippen LogP contribution < -0.4 is 0 Å².